The quantitative estimate of drug-likeness (QED) is 0.584. The lowest BCUT2D eigenvalue weighted by atomic mass is 9.95. The molecule has 1 aromatic rings. The highest BCUT2D eigenvalue weighted by Gasteiger charge is 2.45. The van der Waals surface area contributed by atoms with E-state index in [0.29, 0.717) is 0 Å². The highest BCUT2D eigenvalue weighted by Crippen LogP contribution is 2.36. The Morgan fingerprint density at radius 1 is 1.67 bits per heavy atom. The van der Waals surface area contributed by atoms with E-state index in [2.05, 4.69) is 11.6 Å². The van der Waals surface area contributed by atoms with E-state index in [-0.39, 0.29) is 6.42 Å². The van der Waals surface area contributed by atoms with Crippen LogP contribution in [-0.4, -0.2) is 38.1 Å². The molecule has 0 bridgehead atoms. The van der Waals surface area contributed by atoms with E-state index in [0.717, 1.165) is 4.57 Å². The van der Waals surface area contributed by atoms with Gasteiger partial charge >= 0.3 is 5.69 Å². The fourth-order valence-corrected chi connectivity index (χ4v) is 2.00. The predicted molar refractivity (Wildman–Crippen MR) is 62.1 cm³/mol. The number of aliphatic hydroxyl groups excluding tert-OH is 1. The lowest BCUT2D eigenvalue weighted by molar-refractivity contribution is -0.0652. The van der Waals surface area contributed by atoms with Crippen molar-refractivity contribution in [1.82, 2.24) is 9.55 Å². The summed E-state index contributed by atoms with van der Waals surface area (Å²) in [5.41, 5.74) is -2.53. The van der Waals surface area contributed by atoms with Crippen molar-refractivity contribution in [2.45, 2.75) is 24.4 Å². The molecule has 1 fully saturated rings. The van der Waals surface area contributed by atoms with Gasteiger partial charge in [0.2, 0.25) is 0 Å². The topological polar surface area (TPSA) is 105 Å². The molecule has 1 aliphatic heterocycles. The Bertz CT molecular complexity index is 563. The Balaban J connectivity index is 2.35. The monoisotopic (exact) mass is 254 g/mol. The van der Waals surface area contributed by atoms with Crippen LogP contribution in [0.2, 0.25) is 0 Å². The van der Waals surface area contributed by atoms with Crippen molar-refractivity contribution >= 4 is 0 Å². The maximum absolute atomic E-state index is 11.6. The molecular weight excluding hydrogens is 240 g/mol. The van der Waals surface area contributed by atoms with Crippen LogP contribution < -0.4 is 11.2 Å². The molecule has 1 aliphatic rings. The Morgan fingerprint density at radius 3 is 2.89 bits per heavy atom. The average Bonchev–Trinajstić information content (AvgIpc) is 2.67. The van der Waals surface area contributed by atoms with Crippen LogP contribution in [0.25, 0.3) is 0 Å². The van der Waals surface area contributed by atoms with Crippen LogP contribution in [-0.2, 0) is 4.74 Å². The van der Waals surface area contributed by atoms with Crippen LogP contribution in [0.15, 0.2) is 34.5 Å². The van der Waals surface area contributed by atoms with Crippen LogP contribution in [0, 0.1) is 0 Å². The van der Waals surface area contributed by atoms with E-state index in [1.807, 2.05) is 0 Å². The van der Waals surface area contributed by atoms with Crippen molar-refractivity contribution in [1.29, 1.82) is 0 Å². The smallest absolute Gasteiger partial charge is 0.330 e. The molecule has 1 saturated heterocycles. The molecule has 2 heterocycles. The molecule has 18 heavy (non-hydrogen) atoms. The van der Waals surface area contributed by atoms with Gasteiger partial charge in [0.25, 0.3) is 5.56 Å². The van der Waals surface area contributed by atoms with Gasteiger partial charge in [-0.15, -0.1) is 6.58 Å². The molecule has 0 saturated carbocycles. The van der Waals surface area contributed by atoms with Gasteiger partial charge in [-0.3, -0.25) is 14.3 Å². The minimum Gasteiger partial charge on any atom is -0.394 e. The number of aromatic nitrogens is 2. The van der Waals surface area contributed by atoms with E-state index < -0.39 is 35.8 Å². The lowest BCUT2D eigenvalue weighted by Crippen LogP contribution is -2.38. The summed E-state index contributed by atoms with van der Waals surface area (Å²) >= 11 is 0. The largest absolute Gasteiger partial charge is 0.394 e. The summed E-state index contributed by atoms with van der Waals surface area (Å²) in [5.74, 6) is 0. The minimum atomic E-state index is -1.39. The van der Waals surface area contributed by atoms with E-state index in [9.17, 15) is 14.7 Å². The highest BCUT2D eigenvalue weighted by molar-refractivity contribution is 5.06. The van der Waals surface area contributed by atoms with E-state index >= 15 is 0 Å². The molecule has 7 heteroatoms. The molecular formula is C11H14N2O5. The first-order valence-electron chi connectivity index (χ1n) is 5.44. The highest BCUT2D eigenvalue weighted by atomic mass is 16.5. The zero-order valence-electron chi connectivity index (χ0n) is 9.57. The lowest BCUT2D eigenvalue weighted by Gasteiger charge is -2.21. The normalized spacial score (nSPS) is 31.4. The number of aromatic amines is 1. The zero-order valence-corrected chi connectivity index (χ0v) is 9.57. The van der Waals surface area contributed by atoms with Gasteiger partial charge < -0.3 is 14.9 Å². The molecule has 3 atom stereocenters. The molecule has 0 aliphatic carbocycles. The maximum atomic E-state index is 11.6. The van der Waals surface area contributed by atoms with Crippen molar-refractivity contribution in [2.24, 2.45) is 0 Å². The molecule has 7 nitrogen and oxygen atoms in total. The van der Waals surface area contributed by atoms with Gasteiger partial charge in [-0.1, -0.05) is 6.08 Å². The van der Waals surface area contributed by atoms with Crippen LogP contribution in [0.4, 0.5) is 0 Å². The van der Waals surface area contributed by atoms with Gasteiger partial charge in [0, 0.05) is 18.7 Å². The number of hydrogen-bond donors (Lipinski definition) is 3. The third-order valence-corrected chi connectivity index (χ3v) is 3.06. The molecule has 0 amide bonds. The van der Waals surface area contributed by atoms with Gasteiger partial charge in [-0.2, -0.15) is 0 Å². The number of ether oxygens (including phenoxy) is 1. The Hall–Kier alpha value is -1.70. The number of H-pyrrole nitrogens is 1. The Labute approximate surface area is 102 Å². The summed E-state index contributed by atoms with van der Waals surface area (Å²) < 4.78 is 6.55. The maximum Gasteiger partial charge on any atom is 0.330 e. The average molecular weight is 254 g/mol. The van der Waals surface area contributed by atoms with E-state index in [4.69, 9.17) is 9.84 Å². The second kappa shape index (κ2) is 4.52. The Morgan fingerprint density at radius 2 is 2.39 bits per heavy atom. The van der Waals surface area contributed by atoms with Gasteiger partial charge in [0.15, 0.2) is 0 Å². The van der Waals surface area contributed by atoms with Crippen molar-refractivity contribution in [2.75, 3.05) is 6.61 Å². The fourth-order valence-electron chi connectivity index (χ4n) is 2.00. The second-order valence-corrected chi connectivity index (χ2v) is 4.18. The zero-order chi connectivity index (χ0) is 13.3. The summed E-state index contributed by atoms with van der Waals surface area (Å²) in [5, 5.41) is 19.3. The molecule has 0 spiro atoms. The van der Waals surface area contributed by atoms with E-state index in [1.165, 1.54) is 18.3 Å². The summed E-state index contributed by atoms with van der Waals surface area (Å²) in [7, 11) is 0. The van der Waals surface area contributed by atoms with Gasteiger partial charge in [0.1, 0.15) is 17.9 Å². The summed E-state index contributed by atoms with van der Waals surface area (Å²) in [6.45, 7) is 3.10. The number of nitrogens with one attached hydrogen (secondary N) is 1. The molecule has 2 rings (SSSR count). The molecule has 0 unspecified atom stereocenters. The first-order chi connectivity index (χ1) is 8.50. The van der Waals surface area contributed by atoms with Crippen molar-refractivity contribution in [3.8, 4) is 0 Å². The van der Waals surface area contributed by atoms with Crippen LogP contribution in [0.3, 0.4) is 0 Å². The standard InChI is InChI=1S/C11H14N2O5/c1-2-11(17)5-9(18-7(11)6-14)13-4-3-8(15)12-10(13)16/h2-4,7,9,14,17H,1,5-6H2,(H,12,15,16)/t7-,9-,11+/m1/s1. The number of nitrogens with zero attached hydrogens (tertiary/aromatic N) is 1. The van der Waals surface area contributed by atoms with Crippen molar-refractivity contribution in [3.05, 3.63) is 45.8 Å². The van der Waals surface area contributed by atoms with Crippen LogP contribution >= 0.6 is 0 Å². The third-order valence-electron chi connectivity index (χ3n) is 3.06. The van der Waals surface area contributed by atoms with Crippen molar-refractivity contribution < 1.29 is 14.9 Å². The SMILES string of the molecule is C=C[C@]1(O)C[C@H](n2ccc(=O)[nH]c2=O)O[C@@H]1CO. The number of rotatable bonds is 3. The van der Waals surface area contributed by atoms with Gasteiger partial charge in [-0.25, -0.2) is 4.79 Å². The molecule has 0 aromatic carbocycles. The first kappa shape index (κ1) is 12.7. The summed E-state index contributed by atoms with van der Waals surface area (Å²) in [4.78, 5) is 24.6. The minimum absolute atomic E-state index is 0.0771. The molecule has 0 radical (unpaired) electrons. The predicted octanol–water partition coefficient (Wildman–Crippen LogP) is -1.27. The molecule has 1 aromatic heterocycles. The summed E-state index contributed by atoms with van der Waals surface area (Å²) in [6, 6.07) is 1.18. The fraction of sp³-hybridized carbons (Fsp3) is 0.455. The number of hydrogen-bond acceptors (Lipinski definition) is 5. The molecule has 98 valence electrons. The third kappa shape index (κ3) is 2.03. The Kier molecular flexibility index (Phi) is 3.20. The molecule has 3 N–H and O–H groups in total. The summed E-state index contributed by atoms with van der Waals surface area (Å²) in [6.07, 6.45) is 1.04. The van der Waals surface area contributed by atoms with Crippen LogP contribution in [0.1, 0.15) is 12.6 Å². The van der Waals surface area contributed by atoms with Gasteiger partial charge in [0.05, 0.1) is 6.61 Å². The number of aliphatic hydroxyl groups is 2. The van der Waals surface area contributed by atoms with Crippen molar-refractivity contribution in [3.63, 3.8) is 0 Å². The second-order valence-electron chi connectivity index (χ2n) is 4.18. The van der Waals surface area contributed by atoms with Gasteiger partial charge in [-0.05, 0) is 0 Å². The van der Waals surface area contributed by atoms with E-state index in [1.54, 1.807) is 0 Å². The first-order valence-corrected chi connectivity index (χ1v) is 5.44. The van der Waals surface area contributed by atoms with Crippen LogP contribution in [0.5, 0.6) is 0 Å².